The van der Waals surface area contributed by atoms with E-state index in [9.17, 15) is 9.59 Å². The first-order chi connectivity index (χ1) is 13.6. The maximum atomic E-state index is 12.7. The average molecular weight is 402 g/mol. The summed E-state index contributed by atoms with van der Waals surface area (Å²) < 4.78 is 10.8. The molecule has 1 fully saturated rings. The molecule has 2 amide bonds. The second-order valence-corrected chi connectivity index (χ2v) is 7.12. The number of amides is 2. The van der Waals surface area contributed by atoms with E-state index in [1.54, 1.807) is 18.2 Å². The second-order valence-electron chi connectivity index (χ2n) is 6.71. The Bertz CT molecular complexity index is 912. The number of halogens is 1. The summed E-state index contributed by atoms with van der Waals surface area (Å²) in [4.78, 5) is 26.4. The van der Waals surface area contributed by atoms with Crippen LogP contribution in [0.3, 0.4) is 0 Å². The van der Waals surface area contributed by atoms with Crippen molar-refractivity contribution in [2.45, 2.75) is 6.54 Å². The van der Waals surface area contributed by atoms with Gasteiger partial charge in [-0.1, -0.05) is 23.7 Å². The van der Waals surface area contributed by atoms with Crippen LogP contribution in [0.2, 0.25) is 5.02 Å². The number of ether oxygens (including phenoxy) is 2. The molecule has 2 aliphatic rings. The zero-order chi connectivity index (χ0) is 19.5. The van der Waals surface area contributed by atoms with Gasteiger partial charge in [-0.15, -0.1) is 0 Å². The molecule has 0 radical (unpaired) electrons. The molecule has 2 heterocycles. The lowest BCUT2D eigenvalue weighted by Gasteiger charge is -2.26. The minimum Gasteiger partial charge on any atom is -0.482 e. The highest BCUT2D eigenvalue weighted by atomic mass is 35.5. The molecule has 0 aromatic heterocycles. The molecule has 4 rings (SSSR count). The normalized spacial score (nSPS) is 16.7. The SMILES string of the molecule is O=C1COc2cc(NC(=O)c3cccc(CN4CCOCC4)c3)c(Cl)cc2N1. The summed E-state index contributed by atoms with van der Waals surface area (Å²) in [5.74, 6) is -0.0247. The van der Waals surface area contributed by atoms with E-state index in [0.29, 0.717) is 27.7 Å². The van der Waals surface area contributed by atoms with Crippen LogP contribution in [0.5, 0.6) is 5.75 Å². The van der Waals surface area contributed by atoms with Gasteiger partial charge in [0.25, 0.3) is 11.8 Å². The Kier molecular flexibility index (Phi) is 5.47. The van der Waals surface area contributed by atoms with E-state index >= 15 is 0 Å². The van der Waals surface area contributed by atoms with Crippen LogP contribution < -0.4 is 15.4 Å². The third kappa shape index (κ3) is 4.27. The first kappa shape index (κ1) is 18.7. The van der Waals surface area contributed by atoms with Crippen molar-refractivity contribution in [1.29, 1.82) is 0 Å². The molecule has 146 valence electrons. The van der Waals surface area contributed by atoms with Crippen molar-refractivity contribution in [3.05, 3.63) is 52.5 Å². The van der Waals surface area contributed by atoms with Gasteiger partial charge in [0.15, 0.2) is 6.61 Å². The monoisotopic (exact) mass is 401 g/mol. The number of carbonyl (C=O) groups is 2. The zero-order valence-electron chi connectivity index (χ0n) is 15.2. The van der Waals surface area contributed by atoms with Crippen molar-refractivity contribution in [1.82, 2.24) is 4.90 Å². The molecule has 0 saturated carbocycles. The average Bonchev–Trinajstić information content (AvgIpc) is 2.70. The van der Waals surface area contributed by atoms with Gasteiger partial charge in [0.05, 0.1) is 29.6 Å². The van der Waals surface area contributed by atoms with Crippen LogP contribution >= 0.6 is 11.6 Å². The number of rotatable bonds is 4. The Labute approximate surface area is 167 Å². The molecular formula is C20H20ClN3O4. The fraction of sp³-hybridized carbons (Fsp3) is 0.300. The Hall–Kier alpha value is -2.61. The summed E-state index contributed by atoms with van der Waals surface area (Å²) in [5, 5.41) is 5.83. The number of hydrogen-bond acceptors (Lipinski definition) is 5. The number of benzene rings is 2. The molecule has 0 unspecified atom stereocenters. The molecule has 0 bridgehead atoms. The maximum Gasteiger partial charge on any atom is 0.262 e. The minimum atomic E-state index is -0.259. The van der Waals surface area contributed by atoms with Gasteiger partial charge in [-0.05, 0) is 23.8 Å². The number of hydrogen-bond donors (Lipinski definition) is 2. The van der Waals surface area contributed by atoms with Crippen molar-refractivity contribution in [2.75, 3.05) is 43.5 Å². The number of nitrogens with one attached hydrogen (secondary N) is 2. The number of nitrogens with zero attached hydrogens (tertiary/aromatic N) is 1. The van der Waals surface area contributed by atoms with Crippen molar-refractivity contribution < 1.29 is 19.1 Å². The van der Waals surface area contributed by atoms with Crippen molar-refractivity contribution >= 4 is 34.8 Å². The Morgan fingerprint density at radius 1 is 1.21 bits per heavy atom. The van der Waals surface area contributed by atoms with Crippen LogP contribution in [0.15, 0.2) is 36.4 Å². The smallest absolute Gasteiger partial charge is 0.262 e. The van der Waals surface area contributed by atoms with E-state index in [0.717, 1.165) is 38.4 Å². The molecular weight excluding hydrogens is 382 g/mol. The van der Waals surface area contributed by atoms with E-state index in [2.05, 4.69) is 15.5 Å². The van der Waals surface area contributed by atoms with E-state index in [1.807, 2.05) is 18.2 Å². The van der Waals surface area contributed by atoms with Crippen LogP contribution in [0.25, 0.3) is 0 Å². The molecule has 1 saturated heterocycles. The lowest BCUT2D eigenvalue weighted by molar-refractivity contribution is -0.118. The molecule has 2 aromatic rings. The Morgan fingerprint density at radius 3 is 2.86 bits per heavy atom. The van der Waals surface area contributed by atoms with Crippen molar-refractivity contribution in [3.8, 4) is 5.75 Å². The third-order valence-corrected chi connectivity index (χ3v) is 4.96. The summed E-state index contributed by atoms with van der Waals surface area (Å²) >= 11 is 6.26. The number of carbonyl (C=O) groups excluding carboxylic acids is 2. The highest BCUT2D eigenvalue weighted by Crippen LogP contribution is 2.36. The molecule has 0 aliphatic carbocycles. The van der Waals surface area contributed by atoms with Gasteiger partial charge in [-0.25, -0.2) is 0 Å². The second kappa shape index (κ2) is 8.18. The van der Waals surface area contributed by atoms with E-state index < -0.39 is 0 Å². The highest BCUT2D eigenvalue weighted by Gasteiger charge is 2.19. The Balaban J connectivity index is 1.48. The van der Waals surface area contributed by atoms with Gasteiger partial charge in [0.1, 0.15) is 5.75 Å². The molecule has 0 atom stereocenters. The summed E-state index contributed by atoms with van der Waals surface area (Å²) in [5.41, 5.74) is 2.54. The molecule has 2 N–H and O–H groups in total. The van der Waals surface area contributed by atoms with Gasteiger partial charge in [0.2, 0.25) is 0 Å². The van der Waals surface area contributed by atoms with Crippen LogP contribution in [0.4, 0.5) is 11.4 Å². The van der Waals surface area contributed by atoms with E-state index in [-0.39, 0.29) is 18.4 Å². The summed E-state index contributed by atoms with van der Waals surface area (Å²) in [6.07, 6.45) is 0. The lowest BCUT2D eigenvalue weighted by atomic mass is 10.1. The lowest BCUT2D eigenvalue weighted by Crippen LogP contribution is -2.35. The van der Waals surface area contributed by atoms with Gasteiger partial charge in [0, 0.05) is 31.3 Å². The number of morpholine rings is 1. The topological polar surface area (TPSA) is 79.9 Å². The van der Waals surface area contributed by atoms with E-state index in [1.165, 1.54) is 0 Å². The van der Waals surface area contributed by atoms with Crippen LogP contribution in [-0.4, -0.2) is 49.6 Å². The zero-order valence-corrected chi connectivity index (χ0v) is 15.9. The minimum absolute atomic E-state index is 0.0639. The molecule has 28 heavy (non-hydrogen) atoms. The molecule has 0 spiro atoms. The molecule has 2 aliphatic heterocycles. The van der Waals surface area contributed by atoms with Crippen LogP contribution in [-0.2, 0) is 16.1 Å². The quantitative estimate of drug-likeness (QED) is 0.823. The fourth-order valence-corrected chi connectivity index (χ4v) is 3.43. The first-order valence-electron chi connectivity index (χ1n) is 9.05. The molecule has 8 heteroatoms. The number of anilines is 2. The van der Waals surface area contributed by atoms with Gasteiger partial charge in [-0.3, -0.25) is 14.5 Å². The van der Waals surface area contributed by atoms with Crippen LogP contribution in [0, 0.1) is 0 Å². The van der Waals surface area contributed by atoms with Gasteiger partial charge < -0.3 is 20.1 Å². The van der Waals surface area contributed by atoms with Crippen molar-refractivity contribution in [3.63, 3.8) is 0 Å². The third-order valence-electron chi connectivity index (χ3n) is 4.65. The van der Waals surface area contributed by atoms with Crippen LogP contribution in [0.1, 0.15) is 15.9 Å². The molecule has 7 nitrogen and oxygen atoms in total. The highest BCUT2D eigenvalue weighted by molar-refractivity contribution is 6.34. The predicted molar refractivity (Wildman–Crippen MR) is 106 cm³/mol. The summed E-state index contributed by atoms with van der Waals surface area (Å²) in [6.45, 7) is 3.96. The standard InChI is InChI=1S/C20H20ClN3O4/c21-15-9-17-18(28-12-19(25)22-17)10-16(15)23-20(26)14-3-1-2-13(8-14)11-24-4-6-27-7-5-24/h1-3,8-10H,4-7,11-12H2,(H,22,25)(H,23,26). The van der Waals surface area contributed by atoms with Gasteiger partial charge in [-0.2, -0.15) is 0 Å². The summed E-state index contributed by atoms with van der Waals surface area (Å²) in [6, 6.07) is 10.7. The predicted octanol–water partition coefficient (Wildman–Crippen LogP) is 2.76. The first-order valence-corrected chi connectivity index (χ1v) is 9.43. The van der Waals surface area contributed by atoms with Gasteiger partial charge >= 0.3 is 0 Å². The largest absolute Gasteiger partial charge is 0.482 e. The fourth-order valence-electron chi connectivity index (χ4n) is 3.22. The van der Waals surface area contributed by atoms with E-state index in [4.69, 9.17) is 21.1 Å². The van der Waals surface area contributed by atoms with Crippen molar-refractivity contribution in [2.24, 2.45) is 0 Å². The maximum absolute atomic E-state index is 12.7. The number of fused-ring (bicyclic) bond motifs is 1. The summed E-state index contributed by atoms with van der Waals surface area (Å²) in [7, 11) is 0. The Morgan fingerprint density at radius 2 is 2.04 bits per heavy atom. The molecule has 2 aromatic carbocycles.